The van der Waals surface area contributed by atoms with E-state index in [1.165, 1.54) is 27.9 Å². The molecule has 0 aromatic heterocycles. The second kappa shape index (κ2) is 12.0. The molecule has 4 heteroatoms. The number of benzene rings is 5. The van der Waals surface area contributed by atoms with E-state index in [0.29, 0.717) is 0 Å². The summed E-state index contributed by atoms with van der Waals surface area (Å²) in [7, 11) is 0. The molecule has 0 saturated heterocycles. The van der Waals surface area contributed by atoms with Gasteiger partial charge < -0.3 is 9.80 Å². The topological polar surface area (TPSA) is 31.2 Å². The molecule has 2 aliphatic rings. The Bertz CT molecular complexity index is 1900. The van der Waals surface area contributed by atoms with Crippen LogP contribution in [-0.2, 0) is 13.1 Å². The van der Waals surface area contributed by atoms with Crippen molar-refractivity contribution >= 4 is 36.2 Å². The van der Waals surface area contributed by atoms with Gasteiger partial charge in [0.25, 0.3) is 0 Å². The Morgan fingerprint density at radius 2 is 1.41 bits per heavy atom. The Kier molecular flexibility index (Phi) is 7.47. The minimum absolute atomic E-state index is 0.749. The summed E-state index contributed by atoms with van der Waals surface area (Å²) in [5, 5.41) is 0. The first-order chi connectivity index (χ1) is 21.7. The summed E-state index contributed by atoms with van der Waals surface area (Å²) in [5.74, 6) is 0. The standard InChI is InChI=1S/C40H34N4/c1-41-36-17-9-11-19-39(36)43(27-29-12-4-3-5-13-29)33-23-20-30(21-24-33)31-22-25-40(37(26-31)42-2)44-28-32-14-6-7-15-34(32)35-16-8-10-18-38(35)44/h3-8,10-16,18-26H,1-2,9,17,27-28H2. The highest BCUT2D eigenvalue weighted by molar-refractivity contribution is 5.90. The van der Waals surface area contributed by atoms with Gasteiger partial charge in [0.1, 0.15) is 0 Å². The van der Waals surface area contributed by atoms with Crippen molar-refractivity contribution in [2.24, 2.45) is 9.98 Å². The molecular formula is C40H34N4. The Morgan fingerprint density at radius 3 is 2.20 bits per heavy atom. The predicted octanol–water partition coefficient (Wildman–Crippen LogP) is 10.3. The lowest BCUT2D eigenvalue weighted by Gasteiger charge is -2.33. The zero-order valence-corrected chi connectivity index (χ0v) is 24.7. The van der Waals surface area contributed by atoms with E-state index in [4.69, 9.17) is 0 Å². The highest BCUT2D eigenvalue weighted by Crippen LogP contribution is 2.46. The van der Waals surface area contributed by atoms with Crippen LogP contribution in [0.3, 0.4) is 0 Å². The molecule has 0 radical (unpaired) electrons. The van der Waals surface area contributed by atoms with Crippen LogP contribution in [0.4, 0.5) is 22.7 Å². The Balaban J connectivity index is 1.22. The number of aliphatic imine (C=N–C) groups is 2. The quantitative estimate of drug-likeness (QED) is 0.174. The first kappa shape index (κ1) is 27.4. The summed E-state index contributed by atoms with van der Waals surface area (Å²) >= 11 is 0. The lowest BCUT2D eigenvalue weighted by Crippen LogP contribution is -2.23. The van der Waals surface area contributed by atoms with Gasteiger partial charge in [0, 0.05) is 30.0 Å². The molecule has 44 heavy (non-hydrogen) atoms. The number of nitrogens with zero attached hydrogens (tertiary/aromatic N) is 4. The van der Waals surface area contributed by atoms with E-state index >= 15 is 0 Å². The first-order valence-corrected chi connectivity index (χ1v) is 15.1. The third-order valence-corrected chi connectivity index (χ3v) is 8.56. The molecule has 0 bridgehead atoms. The molecule has 0 saturated carbocycles. The van der Waals surface area contributed by atoms with Gasteiger partial charge in [-0.25, -0.2) is 0 Å². The van der Waals surface area contributed by atoms with Crippen LogP contribution in [0, 0.1) is 0 Å². The van der Waals surface area contributed by atoms with Crippen molar-refractivity contribution in [3.05, 3.63) is 156 Å². The van der Waals surface area contributed by atoms with Crippen molar-refractivity contribution in [2.75, 3.05) is 9.80 Å². The molecule has 1 aliphatic heterocycles. The van der Waals surface area contributed by atoms with Crippen molar-refractivity contribution in [3.8, 4) is 22.3 Å². The number of hydrogen-bond acceptors (Lipinski definition) is 4. The maximum absolute atomic E-state index is 4.50. The van der Waals surface area contributed by atoms with Crippen LogP contribution in [0.5, 0.6) is 0 Å². The second-order valence-corrected chi connectivity index (χ2v) is 11.2. The van der Waals surface area contributed by atoms with Gasteiger partial charge in [0.2, 0.25) is 0 Å². The van der Waals surface area contributed by atoms with Gasteiger partial charge in [-0.2, -0.15) is 0 Å². The van der Waals surface area contributed by atoms with Gasteiger partial charge in [0.15, 0.2) is 0 Å². The van der Waals surface area contributed by atoms with E-state index in [-0.39, 0.29) is 0 Å². The van der Waals surface area contributed by atoms with Crippen molar-refractivity contribution in [2.45, 2.75) is 25.9 Å². The van der Waals surface area contributed by atoms with E-state index in [9.17, 15) is 0 Å². The molecule has 214 valence electrons. The maximum atomic E-state index is 4.50. The van der Waals surface area contributed by atoms with Gasteiger partial charge in [-0.3, -0.25) is 9.98 Å². The lowest BCUT2D eigenvalue weighted by atomic mass is 9.92. The molecule has 0 N–H and O–H groups in total. The lowest BCUT2D eigenvalue weighted by molar-refractivity contribution is 0.854. The molecule has 0 atom stereocenters. The molecule has 1 aliphatic carbocycles. The van der Waals surface area contributed by atoms with E-state index in [1.807, 2.05) is 0 Å². The molecular weight excluding hydrogens is 536 g/mol. The molecule has 0 amide bonds. The van der Waals surface area contributed by atoms with E-state index < -0.39 is 0 Å². The van der Waals surface area contributed by atoms with Gasteiger partial charge in [0.05, 0.1) is 22.8 Å². The summed E-state index contributed by atoms with van der Waals surface area (Å²) in [6.45, 7) is 9.36. The normalized spacial score (nSPS) is 13.7. The molecule has 7 rings (SSSR count). The average molecular weight is 571 g/mol. The number of rotatable bonds is 8. The van der Waals surface area contributed by atoms with Crippen LogP contribution in [0.25, 0.3) is 22.3 Å². The van der Waals surface area contributed by atoms with Crippen molar-refractivity contribution < 1.29 is 0 Å². The van der Waals surface area contributed by atoms with Crippen LogP contribution >= 0.6 is 0 Å². The molecule has 5 aromatic rings. The Hall–Kier alpha value is -5.48. The maximum Gasteiger partial charge on any atom is 0.0865 e. The highest BCUT2D eigenvalue weighted by Gasteiger charge is 2.24. The van der Waals surface area contributed by atoms with Crippen LogP contribution in [-0.4, -0.2) is 13.4 Å². The fourth-order valence-corrected chi connectivity index (χ4v) is 6.35. The fourth-order valence-electron chi connectivity index (χ4n) is 6.35. The van der Waals surface area contributed by atoms with E-state index in [2.05, 4.69) is 167 Å². The summed E-state index contributed by atoms with van der Waals surface area (Å²) in [6.07, 6.45) is 6.29. The predicted molar refractivity (Wildman–Crippen MR) is 186 cm³/mol. The van der Waals surface area contributed by atoms with Crippen LogP contribution in [0.1, 0.15) is 24.0 Å². The Morgan fingerprint density at radius 1 is 0.682 bits per heavy atom. The first-order valence-electron chi connectivity index (χ1n) is 15.1. The second-order valence-electron chi connectivity index (χ2n) is 11.2. The van der Waals surface area contributed by atoms with Gasteiger partial charge >= 0.3 is 0 Å². The number of fused-ring (bicyclic) bond motifs is 3. The van der Waals surface area contributed by atoms with Crippen LogP contribution in [0.2, 0.25) is 0 Å². The third kappa shape index (κ3) is 5.16. The third-order valence-electron chi connectivity index (χ3n) is 8.56. The summed E-state index contributed by atoms with van der Waals surface area (Å²) < 4.78 is 0. The van der Waals surface area contributed by atoms with Crippen LogP contribution in [0.15, 0.2) is 155 Å². The monoisotopic (exact) mass is 570 g/mol. The molecule has 0 spiro atoms. The van der Waals surface area contributed by atoms with Gasteiger partial charge in [-0.05, 0) is 90.5 Å². The SMILES string of the molecule is C=NC1=C(N(Cc2ccccc2)c2ccc(-c3ccc(N4Cc5ccccc5-c5ccccc54)c(N=C)c3)cc2)C=CCC1. The van der Waals surface area contributed by atoms with Crippen molar-refractivity contribution in [1.29, 1.82) is 0 Å². The zero-order chi connectivity index (χ0) is 29.9. The summed E-state index contributed by atoms with van der Waals surface area (Å²) in [6, 6.07) is 43.1. The summed E-state index contributed by atoms with van der Waals surface area (Å²) in [4.78, 5) is 13.6. The minimum atomic E-state index is 0.749. The number of anilines is 3. The van der Waals surface area contributed by atoms with E-state index in [0.717, 1.165) is 65.5 Å². The molecule has 0 fully saturated rings. The fraction of sp³-hybridized carbons (Fsp3) is 0.100. The average Bonchev–Trinajstić information content (AvgIpc) is 3.10. The van der Waals surface area contributed by atoms with E-state index in [1.54, 1.807) is 0 Å². The van der Waals surface area contributed by atoms with Crippen molar-refractivity contribution in [1.82, 2.24) is 0 Å². The van der Waals surface area contributed by atoms with Gasteiger partial charge in [-0.1, -0.05) is 97.1 Å². The number of allylic oxidation sites excluding steroid dienone is 3. The molecule has 0 unspecified atom stereocenters. The number of para-hydroxylation sites is 1. The molecule has 5 aromatic carbocycles. The van der Waals surface area contributed by atoms with Crippen LogP contribution < -0.4 is 9.80 Å². The largest absolute Gasteiger partial charge is 0.336 e. The van der Waals surface area contributed by atoms with Crippen molar-refractivity contribution in [3.63, 3.8) is 0 Å². The smallest absolute Gasteiger partial charge is 0.0865 e. The zero-order valence-electron chi connectivity index (χ0n) is 24.7. The summed E-state index contributed by atoms with van der Waals surface area (Å²) in [5.41, 5.74) is 13.7. The van der Waals surface area contributed by atoms with Gasteiger partial charge in [-0.15, -0.1) is 0 Å². The molecule has 1 heterocycles. The molecule has 4 nitrogen and oxygen atoms in total. The highest BCUT2D eigenvalue weighted by atomic mass is 15.2. The minimum Gasteiger partial charge on any atom is -0.336 e. The Labute approximate surface area is 259 Å². The number of hydrogen-bond donors (Lipinski definition) is 0.